The molecule has 0 bridgehead atoms. The maximum atomic E-state index is 11.7. The highest BCUT2D eigenvalue weighted by atomic mass is 32.2. The summed E-state index contributed by atoms with van der Waals surface area (Å²) in [6.45, 7) is 5.77. The number of rotatable bonds is 5. The van der Waals surface area contributed by atoms with Gasteiger partial charge in [-0.05, 0) is 31.0 Å². The Bertz CT molecular complexity index is 460. The Morgan fingerprint density at radius 1 is 1.50 bits per heavy atom. The fraction of sp³-hybridized carbons (Fsp3) is 0.462. The number of nitrogens with two attached hydrogens (primary N) is 1. The molecule has 4 nitrogen and oxygen atoms in total. The SMILES string of the molecule is CCC(C)S(=O)CC(=O)Nc1ccc(C)cc1N. The number of carbonyl (C=O) groups is 1. The molecule has 18 heavy (non-hydrogen) atoms. The molecular weight excluding hydrogens is 248 g/mol. The van der Waals surface area contributed by atoms with Gasteiger partial charge in [0.05, 0.1) is 11.4 Å². The van der Waals surface area contributed by atoms with E-state index in [4.69, 9.17) is 5.73 Å². The molecule has 0 aliphatic carbocycles. The zero-order valence-electron chi connectivity index (χ0n) is 11.0. The van der Waals surface area contributed by atoms with Crippen LogP contribution in [0.3, 0.4) is 0 Å². The van der Waals surface area contributed by atoms with Crippen LogP contribution in [-0.2, 0) is 15.6 Å². The van der Waals surface area contributed by atoms with Crippen molar-refractivity contribution in [2.75, 3.05) is 16.8 Å². The minimum Gasteiger partial charge on any atom is -0.397 e. The molecule has 1 aromatic carbocycles. The van der Waals surface area contributed by atoms with E-state index in [0.29, 0.717) is 11.4 Å². The van der Waals surface area contributed by atoms with Gasteiger partial charge in [0.2, 0.25) is 5.91 Å². The predicted molar refractivity (Wildman–Crippen MR) is 77.0 cm³/mol. The third-order valence-electron chi connectivity index (χ3n) is 2.78. The maximum Gasteiger partial charge on any atom is 0.237 e. The molecule has 2 unspecified atom stereocenters. The van der Waals surface area contributed by atoms with Crippen LogP contribution >= 0.6 is 0 Å². The van der Waals surface area contributed by atoms with Gasteiger partial charge in [0.25, 0.3) is 0 Å². The monoisotopic (exact) mass is 268 g/mol. The fourth-order valence-electron chi connectivity index (χ4n) is 1.44. The molecule has 2 atom stereocenters. The number of hydrogen-bond acceptors (Lipinski definition) is 3. The second kappa shape index (κ2) is 6.54. The van der Waals surface area contributed by atoms with Crippen LogP contribution in [-0.4, -0.2) is 21.1 Å². The third kappa shape index (κ3) is 4.14. The van der Waals surface area contributed by atoms with Gasteiger partial charge >= 0.3 is 0 Å². The van der Waals surface area contributed by atoms with E-state index in [1.165, 1.54) is 0 Å². The van der Waals surface area contributed by atoms with Crippen molar-refractivity contribution >= 4 is 28.1 Å². The number of carbonyl (C=O) groups excluding carboxylic acids is 1. The van der Waals surface area contributed by atoms with E-state index in [2.05, 4.69) is 5.32 Å². The van der Waals surface area contributed by atoms with Gasteiger partial charge in [-0.2, -0.15) is 0 Å². The molecule has 0 spiro atoms. The first kappa shape index (κ1) is 14.7. The number of anilines is 2. The summed E-state index contributed by atoms with van der Waals surface area (Å²) >= 11 is 0. The van der Waals surface area contributed by atoms with E-state index < -0.39 is 10.8 Å². The quantitative estimate of drug-likeness (QED) is 0.803. The zero-order chi connectivity index (χ0) is 13.7. The van der Waals surface area contributed by atoms with Gasteiger partial charge < -0.3 is 11.1 Å². The van der Waals surface area contributed by atoms with E-state index >= 15 is 0 Å². The summed E-state index contributed by atoms with van der Waals surface area (Å²) in [6, 6.07) is 5.42. The van der Waals surface area contributed by atoms with Crippen LogP contribution in [0.15, 0.2) is 18.2 Å². The Hall–Kier alpha value is -1.36. The zero-order valence-corrected chi connectivity index (χ0v) is 11.8. The Morgan fingerprint density at radius 3 is 2.72 bits per heavy atom. The van der Waals surface area contributed by atoms with E-state index in [-0.39, 0.29) is 16.9 Å². The van der Waals surface area contributed by atoms with Gasteiger partial charge in [0.1, 0.15) is 5.75 Å². The summed E-state index contributed by atoms with van der Waals surface area (Å²) in [5.74, 6) is -0.244. The van der Waals surface area contributed by atoms with Gasteiger partial charge in [-0.15, -0.1) is 0 Å². The van der Waals surface area contributed by atoms with Gasteiger partial charge in [-0.25, -0.2) is 0 Å². The standard InChI is InChI=1S/C13H20N2O2S/c1-4-10(3)18(17)8-13(16)15-12-6-5-9(2)7-11(12)14/h5-7,10H,4,8,14H2,1-3H3,(H,15,16). The molecule has 0 aliphatic heterocycles. The highest BCUT2D eigenvalue weighted by molar-refractivity contribution is 7.86. The number of benzene rings is 1. The molecule has 3 N–H and O–H groups in total. The summed E-state index contributed by atoms with van der Waals surface area (Å²) < 4.78 is 11.7. The largest absolute Gasteiger partial charge is 0.397 e. The van der Waals surface area contributed by atoms with E-state index in [0.717, 1.165) is 12.0 Å². The number of aryl methyl sites for hydroxylation is 1. The van der Waals surface area contributed by atoms with Crippen LogP contribution in [0.4, 0.5) is 11.4 Å². The third-order valence-corrected chi connectivity index (χ3v) is 4.56. The molecule has 0 saturated carbocycles. The van der Waals surface area contributed by atoms with Crippen LogP contribution < -0.4 is 11.1 Å². The van der Waals surface area contributed by atoms with Gasteiger partial charge in [0, 0.05) is 16.0 Å². The van der Waals surface area contributed by atoms with Crippen LogP contribution in [0.1, 0.15) is 25.8 Å². The van der Waals surface area contributed by atoms with E-state index in [1.54, 1.807) is 12.1 Å². The number of nitrogen functional groups attached to an aromatic ring is 1. The molecule has 1 rings (SSSR count). The molecule has 0 fully saturated rings. The van der Waals surface area contributed by atoms with Crippen molar-refractivity contribution in [1.29, 1.82) is 0 Å². The average molecular weight is 268 g/mol. The first-order valence-corrected chi connectivity index (χ1v) is 7.35. The summed E-state index contributed by atoms with van der Waals surface area (Å²) in [4.78, 5) is 11.7. The van der Waals surface area contributed by atoms with Crippen LogP contribution in [0.25, 0.3) is 0 Å². The van der Waals surface area contributed by atoms with Crippen molar-refractivity contribution < 1.29 is 9.00 Å². The van der Waals surface area contributed by atoms with Gasteiger partial charge in [-0.3, -0.25) is 9.00 Å². The molecule has 0 aromatic heterocycles. The number of hydrogen-bond donors (Lipinski definition) is 2. The van der Waals surface area contributed by atoms with E-state index in [1.807, 2.05) is 26.8 Å². The molecule has 1 amide bonds. The Labute approximate surface area is 110 Å². The number of nitrogens with one attached hydrogen (secondary N) is 1. The summed E-state index contributed by atoms with van der Waals surface area (Å²) in [6.07, 6.45) is 0.798. The Kier molecular flexibility index (Phi) is 5.34. The normalized spacial score (nSPS) is 13.9. The van der Waals surface area contributed by atoms with Crippen molar-refractivity contribution in [2.24, 2.45) is 0 Å². The highest BCUT2D eigenvalue weighted by Crippen LogP contribution is 2.19. The topological polar surface area (TPSA) is 72.2 Å². The molecule has 0 radical (unpaired) electrons. The fourth-order valence-corrected chi connectivity index (χ4v) is 2.43. The highest BCUT2D eigenvalue weighted by Gasteiger charge is 2.14. The van der Waals surface area contributed by atoms with Crippen LogP contribution in [0, 0.1) is 6.92 Å². The van der Waals surface area contributed by atoms with Crippen molar-refractivity contribution in [3.05, 3.63) is 23.8 Å². The molecule has 1 aromatic rings. The minimum absolute atomic E-state index is 0.0162. The lowest BCUT2D eigenvalue weighted by molar-refractivity contribution is -0.113. The Morgan fingerprint density at radius 2 is 2.17 bits per heavy atom. The molecule has 0 heterocycles. The van der Waals surface area contributed by atoms with Crippen LogP contribution in [0.5, 0.6) is 0 Å². The lowest BCUT2D eigenvalue weighted by Gasteiger charge is -2.11. The van der Waals surface area contributed by atoms with Crippen molar-refractivity contribution in [3.63, 3.8) is 0 Å². The van der Waals surface area contributed by atoms with Crippen molar-refractivity contribution in [1.82, 2.24) is 0 Å². The van der Waals surface area contributed by atoms with Gasteiger partial charge in [0.15, 0.2) is 0 Å². The second-order valence-corrected chi connectivity index (χ2v) is 6.24. The first-order chi connectivity index (χ1) is 8.43. The molecule has 100 valence electrons. The van der Waals surface area contributed by atoms with Crippen molar-refractivity contribution in [3.8, 4) is 0 Å². The molecule has 0 saturated heterocycles. The Balaban J connectivity index is 2.62. The predicted octanol–water partition coefficient (Wildman–Crippen LogP) is 2.06. The second-order valence-electron chi connectivity index (χ2n) is 4.38. The smallest absolute Gasteiger partial charge is 0.237 e. The van der Waals surface area contributed by atoms with E-state index in [9.17, 15) is 9.00 Å². The molecular formula is C13H20N2O2S. The molecule has 5 heteroatoms. The maximum absolute atomic E-state index is 11.7. The van der Waals surface area contributed by atoms with Crippen molar-refractivity contribution in [2.45, 2.75) is 32.4 Å². The summed E-state index contributed by atoms with van der Waals surface area (Å²) in [7, 11) is -1.13. The minimum atomic E-state index is -1.13. The lowest BCUT2D eigenvalue weighted by Crippen LogP contribution is -2.24. The lowest BCUT2D eigenvalue weighted by atomic mass is 10.2. The van der Waals surface area contributed by atoms with Crippen LogP contribution in [0.2, 0.25) is 0 Å². The average Bonchev–Trinajstić information content (AvgIpc) is 2.31. The first-order valence-electron chi connectivity index (χ1n) is 5.97. The summed E-state index contributed by atoms with van der Waals surface area (Å²) in [5, 5.41) is 2.72. The summed E-state index contributed by atoms with van der Waals surface area (Å²) in [5.41, 5.74) is 7.93. The molecule has 0 aliphatic rings. The van der Waals surface area contributed by atoms with Gasteiger partial charge in [-0.1, -0.05) is 19.9 Å². The number of amides is 1.